The van der Waals surface area contributed by atoms with Crippen molar-refractivity contribution in [3.63, 3.8) is 0 Å². The first-order chi connectivity index (χ1) is 6.68. The van der Waals surface area contributed by atoms with E-state index in [1.165, 1.54) is 12.3 Å². The smallest absolute Gasteiger partial charge is 0.268 e. The summed E-state index contributed by atoms with van der Waals surface area (Å²) < 4.78 is 5.33. The van der Waals surface area contributed by atoms with Crippen LogP contribution in [0.1, 0.15) is 5.76 Å². The second kappa shape index (κ2) is 3.42. The highest BCUT2D eigenvalue weighted by Crippen LogP contribution is 2.20. The number of furan rings is 1. The van der Waals surface area contributed by atoms with E-state index in [1.807, 2.05) is 0 Å². The molecule has 0 saturated carbocycles. The number of carbonyl (C=O) groups excluding carboxylic acids is 2. The van der Waals surface area contributed by atoms with Crippen molar-refractivity contribution in [2.45, 2.75) is 6.54 Å². The quantitative estimate of drug-likeness (QED) is 0.752. The van der Waals surface area contributed by atoms with E-state index in [1.54, 1.807) is 12.1 Å². The van der Waals surface area contributed by atoms with E-state index in [-0.39, 0.29) is 22.8 Å². The maximum absolute atomic E-state index is 11.4. The molecule has 0 aromatic carbocycles. The third-order valence-electron chi connectivity index (χ3n) is 1.86. The number of rotatable bonds is 2. The van der Waals surface area contributed by atoms with Gasteiger partial charge in [-0.05, 0) is 28.1 Å². The Morgan fingerprint density at radius 1 is 1.43 bits per heavy atom. The predicted molar refractivity (Wildman–Crippen MR) is 51.3 cm³/mol. The Kier molecular flexibility index (Phi) is 2.25. The number of amides is 2. The van der Waals surface area contributed by atoms with Gasteiger partial charge in [0.2, 0.25) is 0 Å². The van der Waals surface area contributed by atoms with E-state index in [9.17, 15) is 9.59 Å². The average Bonchev–Trinajstić information content (AvgIpc) is 2.71. The number of hydrogen-bond donors (Lipinski definition) is 0. The monoisotopic (exact) mass is 255 g/mol. The average molecular weight is 256 g/mol. The molecule has 0 saturated heterocycles. The zero-order valence-electron chi connectivity index (χ0n) is 7.07. The predicted octanol–water partition coefficient (Wildman–Crippen LogP) is 1.43. The van der Waals surface area contributed by atoms with Gasteiger partial charge in [0.1, 0.15) is 5.76 Å². The van der Waals surface area contributed by atoms with Gasteiger partial charge < -0.3 is 4.42 Å². The second-order valence-electron chi connectivity index (χ2n) is 2.80. The van der Waals surface area contributed by atoms with Crippen molar-refractivity contribution in [3.8, 4) is 0 Å². The zero-order chi connectivity index (χ0) is 10.1. The third-order valence-corrected chi connectivity index (χ3v) is 2.43. The number of carbonyl (C=O) groups is 2. The van der Waals surface area contributed by atoms with Crippen molar-refractivity contribution < 1.29 is 14.0 Å². The van der Waals surface area contributed by atoms with Gasteiger partial charge in [-0.25, -0.2) is 0 Å². The minimum Gasteiger partial charge on any atom is -0.467 e. The Balaban J connectivity index is 2.15. The minimum atomic E-state index is -0.327. The zero-order valence-corrected chi connectivity index (χ0v) is 8.65. The molecule has 0 N–H and O–H groups in total. The van der Waals surface area contributed by atoms with Gasteiger partial charge in [0.05, 0.1) is 17.3 Å². The molecule has 2 heterocycles. The highest BCUT2D eigenvalue weighted by molar-refractivity contribution is 9.12. The molecule has 1 aliphatic heterocycles. The van der Waals surface area contributed by atoms with Crippen molar-refractivity contribution in [1.29, 1.82) is 0 Å². The number of hydrogen-bond acceptors (Lipinski definition) is 3. The lowest BCUT2D eigenvalue weighted by molar-refractivity contribution is -0.137. The fourth-order valence-corrected chi connectivity index (χ4v) is 1.60. The van der Waals surface area contributed by atoms with Crippen molar-refractivity contribution >= 4 is 27.7 Å². The Hall–Kier alpha value is -1.36. The van der Waals surface area contributed by atoms with Crippen LogP contribution in [0.25, 0.3) is 0 Å². The summed E-state index contributed by atoms with van der Waals surface area (Å²) in [5.41, 5.74) is 0. The maximum Gasteiger partial charge on any atom is 0.268 e. The molecule has 2 amide bonds. The molecule has 5 heteroatoms. The summed E-state index contributed by atoms with van der Waals surface area (Å²) in [7, 11) is 0. The van der Waals surface area contributed by atoms with E-state index in [0.717, 1.165) is 4.90 Å². The molecule has 14 heavy (non-hydrogen) atoms. The topological polar surface area (TPSA) is 50.5 Å². The lowest BCUT2D eigenvalue weighted by atomic mass is 10.4. The van der Waals surface area contributed by atoms with Crippen molar-refractivity contribution in [1.82, 2.24) is 4.90 Å². The van der Waals surface area contributed by atoms with Gasteiger partial charge in [0.25, 0.3) is 11.8 Å². The van der Waals surface area contributed by atoms with Crippen LogP contribution in [0.5, 0.6) is 0 Å². The van der Waals surface area contributed by atoms with E-state index in [0.29, 0.717) is 5.76 Å². The van der Waals surface area contributed by atoms with Crippen LogP contribution in [-0.4, -0.2) is 16.7 Å². The Morgan fingerprint density at radius 2 is 2.21 bits per heavy atom. The Bertz CT molecular complexity index is 408. The fraction of sp³-hybridized carbons (Fsp3) is 0.111. The molecule has 0 radical (unpaired) electrons. The highest BCUT2D eigenvalue weighted by atomic mass is 79.9. The van der Waals surface area contributed by atoms with Crippen molar-refractivity contribution in [2.24, 2.45) is 0 Å². The number of halogens is 1. The van der Waals surface area contributed by atoms with E-state index in [2.05, 4.69) is 15.9 Å². The van der Waals surface area contributed by atoms with Crippen LogP contribution in [0.2, 0.25) is 0 Å². The Labute approximate surface area is 88.3 Å². The number of imide groups is 1. The highest BCUT2D eigenvalue weighted by Gasteiger charge is 2.29. The van der Waals surface area contributed by atoms with Crippen LogP contribution in [0, 0.1) is 0 Å². The summed E-state index contributed by atoms with van der Waals surface area (Å²) in [6.45, 7) is 0.177. The molecule has 0 unspecified atom stereocenters. The van der Waals surface area contributed by atoms with Gasteiger partial charge in [-0.3, -0.25) is 14.5 Å². The van der Waals surface area contributed by atoms with E-state index >= 15 is 0 Å². The van der Waals surface area contributed by atoms with Crippen LogP contribution < -0.4 is 0 Å². The molecule has 4 nitrogen and oxygen atoms in total. The minimum absolute atomic E-state index is 0.177. The lowest BCUT2D eigenvalue weighted by Crippen LogP contribution is -2.29. The van der Waals surface area contributed by atoms with Gasteiger partial charge >= 0.3 is 0 Å². The molecule has 2 rings (SSSR count). The van der Waals surface area contributed by atoms with Crippen LogP contribution in [0.3, 0.4) is 0 Å². The molecule has 1 aliphatic rings. The molecule has 1 aromatic heterocycles. The van der Waals surface area contributed by atoms with Crippen molar-refractivity contribution in [3.05, 3.63) is 34.7 Å². The molecule has 0 spiro atoms. The first kappa shape index (κ1) is 9.21. The molecule has 0 atom stereocenters. The summed E-state index contributed by atoms with van der Waals surface area (Å²) >= 11 is 3.01. The third kappa shape index (κ3) is 1.50. The molecule has 0 fully saturated rings. The molecule has 0 bridgehead atoms. The van der Waals surface area contributed by atoms with Gasteiger partial charge in [-0.15, -0.1) is 0 Å². The summed E-state index contributed by atoms with van der Waals surface area (Å²) in [5.74, 6) is -0.0630. The largest absolute Gasteiger partial charge is 0.467 e. The molecule has 72 valence electrons. The number of nitrogens with zero attached hydrogens (tertiary/aromatic N) is 1. The van der Waals surface area contributed by atoms with Gasteiger partial charge in [0, 0.05) is 6.08 Å². The van der Waals surface area contributed by atoms with Gasteiger partial charge in [-0.1, -0.05) is 0 Å². The summed E-state index contributed by atoms with van der Waals surface area (Å²) in [6, 6.07) is 3.43. The van der Waals surface area contributed by atoms with E-state index < -0.39 is 0 Å². The molecule has 0 aliphatic carbocycles. The van der Waals surface area contributed by atoms with Crippen LogP contribution in [-0.2, 0) is 16.1 Å². The molecular weight excluding hydrogens is 250 g/mol. The molecule has 1 aromatic rings. The van der Waals surface area contributed by atoms with Gasteiger partial charge in [-0.2, -0.15) is 0 Å². The standard InChI is InChI=1S/C9H6BrNO3/c10-7-4-8(12)11(9(7)13)5-6-2-1-3-14-6/h1-4H,5H2. The summed E-state index contributed by atoms with van der Waals surface area (Å²) in [4.78, 5) is 23.8. The lowest BCUT2D eigenvalue weighted by Gasteiger charge is -2.11. The Morgan fingerprint density at radius 3 is 2.71 bits per heavy atom. The van der Waals surface area contributed by atoms with Crippen LogP contribution in [0.15, 0.2) is 33.4 Å². The maximum atomic E-state index is 11.4. The van der Waals surface area contributed by atoms with E-state index in [4.69, 9.17) is 4.42 Å². The first-order valence-electron chi connectivity index (χ1n) is 3.94. The summed E-state index contributed by atoms with van der Waals surface area (Å²) in [5, 5.41) is 0. The fourth-order valence-electron chi connectivity index (χ4n) is 1.19. The van der Waals surface area contributed by atoms with Crippen LogP contribution >= 0.6 is 15.9 Å². The SMILES string of the molecule is O=C1C=C(Br)C(=O)N1Cc1ccco1. The van der Waals surface area contributed by atoms with Crippen LogP contribution in [0.4, 0.5) is 0 Å². The normalized spacial score (nSPS) is 16.4. The second-order valence-corrected chi connectivity index (χ2v) is 3.66. The van der Waals surface area contributed by atoms with Crippen molar-refractivity contribution in [2.75, 3.05) is 0 Å². The first-order valence-corrected chi connectivity index (χ1v) is 4.73. The molecular formula is C9H6BrNO3. The van der Waals surface area contributed by atoms with Gasteiger partial charge in [0.15, 0.2) is 0 Å². The summed E-state index contributed by atoms with van der Waals surface area (Å²) in [6.07, 6.45) is 2.76.